The van der Waals surface area contributed by atoms with Crippen LogP contribution in [-0.2, 0) is 16.0 Å². The number of aromatic nitrogens is 3. The molecule has 0 saturated carbocycles. The lowest BCUT2D eigenvalue weighted by atomic mass is 9.95. The third kappa shape index (κ3) is 5.13. The van der Waals surface area contributed by atoms with Crippen molar-refractivity contribution in [1.29, 1.82) is 0 Å². The van der Waals surface area contributed by atoms with Gasteiger partial charge >= 0.3 is 5.97 Å². The van der Waals surface area contributed by atoms with Gasteiger partial charge in [-0.1, -0.05) is 41.9 Å². The van der Waals surface area contributed by atoms with Crippen LogP contribution in [0.4, 0.5) is 10.1 Å². The predicted molar refractivity (Wildman–Crippen MR) is 158 cm³/mol. The first-order chi connectivity index (χ1) is 20.3. The highest BCUT2D eigenvalue weighted by molar-refractivity contribution is 6.38. The van der Waals surface area contributed by atoms with E-state index in [1.807, 2.05) is 24.3 Å². The van der Waals surface area contributed by atoms with Crippen molar-refractivity contribution in [3.63, 3.8) is 0 Å². The normalized spacial score (nSPS) is 13.2. The highest BCUT2D eigenvalue weighted by Crippen LogP contribution is 2.41. The largest absolute Gasteiger partial charge is 0.496 e. The van der Waals surface area contributed by atoms with Gasteiger partial charge in [-0.25, -0.2) is 14.1 Å². The molecule has 2 N–H and O–H groups in total. The molecule has 10 heteroatoms. The van der Waals surface area contributed by atoms with Crippen LogP contribution >= 0.6 is 11.6 Å². The molecule has 0 atom stereocenters. The molecule has 5 aromatic rings. The van der Waals surface area contributed by atoms with Crippen molar-refractivity contribution in [2.75, 3.05) is 12.4 Å². The number of fused-ring (bicyclic) bond motifs is 1. The maximum Gasteiger partial charge on any atom is 0.307 e. The van der Waals surface area contributed by atoms with Gasteiger partial charge in [-0.05, 0) is 65.2 Å². The van der Waals surface area contributed by atoms with Crippen LogP contribution in [0.25, 0.3) is 39.6 Å². The Morgan fingerprint density at radius 2 is 1.81 bits per heavy atom. The zero-order valence-electron chi connectivity index (χ0n) is 22.1. The first kappa shape index (κ1) is 26.9. The Labute approximate surface area is 244 Å². The van der Waals surface area contributed by atoms with Crippen molar-refractivity contribution in [2.24, 2.45) is 0 Å². The lowest BCUT2D eigenvalue weighted by molar-refractivity contribution is -0.136. The SMILES string of the molecule is COc1ccc(C=C2C(=O)Nc3cc(Cl)c(-c4ccc(-c5ccc(-n6cncn6)cc5)c(F)c4)cc32)cc1CC(=O)O. The highest BCUT2D eigenvalue weighted by Gasteiger charge is 2.26. The number of benzene rings is 4. The Morgan fingerprint density at radius 3 is 2.50 bits per heavy atom. The van der Waals surface area contributed by atoms with Crippen LogP contribution in [-0.4, -0.2) is 38.9 Å². The number of carboxylic acid groups (broad SMARTS) is 1. The standard InChI is InChI=1S/C32H22ClFN4O4/c1-42-30-9-2-18(10-21(30)13-31(39)40)11-26-25-14-24(27(33)15-29(25)37-32(26)41)20-5-8-23(28(34)12-20)19-3-6-22(7-4-19)38-17-35-16-36-38/h2-12,14-17H,13H2,1H3,(H,37,41)(H,39,40). The number of carboxylic acids is 1. The Bertz CT molecular complexity index is 1890. The van der Waals surface area contributed by atoms with E-state index in [2.05, 4.69) is 15.4 Å². The summed E-state index contributed by atoms with van der Waals surface area (Å²) in [6, 6.07) is 20.7. The number of hydrogen-bond donors (Lipinski definition) is 2. The first-order valence-corrected chi connectivity index (χ1v) is 13.2. The van der Waals surface area contributed by atoms with E-state index in [9.17, 15) is 14.7 Å². The molecule has 1 aromatic heterocycles. The molecule has 208 valence electrons. The number of ether oxygens (including phenoxy) is 1. The number of amides is 1. The summed E-state index contributed by atoms with van der Waals surface area (Å²) in [6.07, 6.45) is 4.48. The van der Waals surface area contributed by atoms with E-state index >= 15 is 4.39 Å². The van der Waals surface area contributed by atoms with Crippen molar-refractivity contribution in [3.8, 4) is 33.7 Å². The van der Waals surface area contributed by atoms with Crippen molar-refractivity contribution in [1.82, 2.24) is 14.8 Å². The van der Waals surface area contributed by atoms with Crippen LogP contribution < -0.4 is 10.1 Å². The second-order valence-corrected chi connectivity index (χ2v) is 10.0. The summed E-state index contributed by atoms with van der Waals surface area (Å²) in [6.45, 7) is 0. The molecule has 0 spiro atoms. The van der Waals surface area contributed by atoms with Gasteiger partial charge in [0.25, 0.3) is 5.91 Å². The van der Waals surface area contributed by atoms with Crippen LogP contribution in [0, 0.1) is 5.82 Å². The number of aliphatic carboxylic acids is 1. The van der Waals surface area contributed by atoms with Gasteiger partial charge in [0.1, 0.15) is 24.2 Å². The van der Waals surface area contributed by atoms with E-state index in [4.69, 9.17) is 16.3 Å². The summed E-state index contributed by atoms with van der Waals surface area (Å²) in [7, 11) is 1.47. The van der Waals surface area contributed by atoms with Crippen LogP contribution in [0.1, 0.15) is 16.7 Å². The number of hydrogen-bond acceptors (Lipinski definition) is 5. The predicted octanol–water partition coefficient (Wildman–Crippen LogP) is 6.52. The van der Waals surface area contributed by atoms with Crippen LogP contribution in [0.15, 0.2) is 85.5 Å². The number of anilines is 1. The molecule has 42 heavy (non-hydrogen) atoms. The Kier molecular flexibility index (Phi) is 7.02. The Balaban J connectivity index is 1.34. The topological polar surface area (TPSA) is 106 Å². The fourth-order valence-electron chi connectivity index (χ4n) is 4.98. The minimum Gasteiger partial charge on any atom is -0.496 e. The van der Waals surface area contributed by atoms with E-state index in [1.54, 1.807) is 59.5 Å². The molecule has 0 aliphatic carbocycles. The van der Waals surface area contributed by atoms with Crippen LogP contribution in [0.2, 0.25) is 5.02 Å². The molecular formula is C32H22ClFN4O4. The summed E-state index contributed by atoms with van der Waals surface area (Å²) < 4.78 is 22.3. The highest BCUT2D eigenvalue weighted by atomic mass is 35.5. The smallest absolute Gasteiger partial charge is 0.307 e. The Hall–Kier alpha value is -5.28. The molecule has 0 bridgehead atoms. The molecule has 1 aliphatic rings. The summed E-state index contributed by atoms with van der Waals surface area (Å²) in [5.41, 5.74) is 5.66. The molecule has 4 aromatic carbocycles. The van der Waals surface area contributed by atoms with Crippen LogP contribution in [0.5, 0.6) is 5.75 Å². The lowest BCUT2D eigenvalue weighted by Gasteiger charge is -2.11. The van der Waals surface area contributed by atoms with Crippen molar-refractivity contribution in [3.05, 3.63) is 113 Å². The van der Waals surface area contributed by atoms with Gasteiger partial charge in [-0.2, -0.15) is 5.10 Å². The number of nitrogens with one attached hydrogen (secondary N) is 1. The minimum atomic E-state index is -0.997. The molecule has 0 saturated heterocycles. The zero-order chi connectivity index (χ0) is 29.4. The first-order valence-electron chi connectivity index (χ1n) is 12.8. The molecule has 8 nitrogen and oxygen atoms in total. The zero-order valence-corrected chi connectivity index (χ0v) is 22.9. The average molecular weight is 581 g/mol. The van der Waals surface area contributed by atoms with Gasteiger partial charge in [-0.15, -0.1) is 0 Å². The molecule has 6 rings (SSSR count). The molecule has 0 radical (unpaired) electrons. The molecule has 0 fully saturated rings. The molecule has 1 amide bonds. The van der Waals surface area contributed by atoms with Gasteiger partial charge in [0.2, 0.25) is 0 Å². The number of carbonyl (C=O) groups excluding carboxylic acids is 1. The summed E-state index contributed by atoms with van der Waals surface area (Å²) in [5.74, 6) is -1.30. The van der Waals surface area contributed by atoms with Gasteiger partial charge in [0.15, 0.2) is 0 Å². The van der Waals surface area contributed by atoms with E-state index in [-0.39, 0.29) is 12.3 Å². The maximum absolute atomic E-state index is 15.4. The molecular weight excluding hydrogens is 559 g/mol. The van der Waals surface area contributed by atoms with E-state index < -0.39 is 11.8 Å². The average Bonchev–Trinajstić information content (AvgIpc) is 3.61. The molecule has 0 unspecified atom stereocenters. The third-order valence-electron chi connectivity index (χ3n) is 6.99. The van der Waals surface area contributed by atoms with Crippen molar-refractivity contribution >= 4 is 40.8 Å². The van der Waals surface area contributed by atoms with Crippen molar-refractivity contribution < 1.29 is 23.8 Å². The monoisotopic (exact) mass is 580 g/mol. The van der Waals surface area contributed by atoms with Gasteiger partial charge in [0.05, 0.1) is 29.9 Å². The Morgan fingerprint density at radius 1 is 1.02 bits per heavy atom. The van der Waals surface area contributed by atoms with Gasteiger partial charge < -0.3 is 15.2 Å². The van der Waals surface area contributed by atoms with Crippen molar-refractivity contribution in [2.45, 2.75) is 6.42 Å². The van der Waals surface area contributed by atoms with E-state index in [1.165, 1.54) is 19.5 Å². The van der Waals surface area contributed by atoms with Crippen LogP contribution in [0.3, 0.4) is 0 Å². The van der Waals surface area contributed by atoms with Gasteiger partial charge in [-0.3, -0.25) is 9.59 Å². The number of halogens is 2. The minimum absolute atomic E-state index is 0.226. The van der Waals surface area contributed by atoms with E-state index in [0.29, 0.717) is 61.0 Å². The second kappa shape index (κ2) is 10.9. The third-order valence-corrected chi connectivity index (χ3v) is 7.30. The number of carbonyl (C=O) groups is 2. The number of nitrogens with zero attached hydrogens (tertiary/aromatic N) is 3. The molecule has 2 heterocycles. The number of methoxy groups -OCH3 is 1. The second-order valence-electron chi connectivity index (χ2n) is 9.61. The quantitative estimate of drug-likeness (QED) is 0.212. The lowest BCUT2D eigenvalue weighted by Crippen LogP contribution is -2.04. The number of rotatable bonds is 7. The fourth-order valence-corrected chi connectivity index (χ4v) is 5.26. The maximum atomic E-state index is 15.4. The summed E-state index contributed by atoms with van der Waals surface area (Å²) >= 11 is 6.60. The fraction of sp³-hybridized carbons (Fsp3) is 0.0625. The summed E-state index contributed by atoms with van der Waals surface area (Å²) in [4.78, 5) is 28.2. The van der Waals surface area contributed by atoms with E-state index in [0.717, 1.165) is 5.69 Å². The van der Waals surface area contributed by atoms with Gasteiger partial charge in [0, 0.05) is 27.8 Å². The molecule has 1 aliphatic heterocycles. The summed E-state index contributed by atoms with van der Waals surface area (Å²) in [5, 5.41) is 16.5.